The van der Waals surface area contributed by atoms with Gasteiger partial charge in [-0.15, -0.1) is 0 Å². The number of hydrogen-bond donors (Lipinski definition) is 1. The van der Waals surface area contributed by atoms with Gasteiger partial charge in [0.2, 0.25) is 0 Å². The van der Waals surface area contributed by atoms with Crippen molar-refractivity contribution < 1.29 is 9.84 Å². The molecule has 3 heteroatoms. The Morgan fingerprint density at radius 1 is 1.45 bits per heavy atom. The van der Waals surface area contributed by atoms with Crippen LogP contribution in [0.25, 0.3) is 0 Å². The molecule has 1 aliphatic rings. The minimum atomic E-state index is -0.308. The fourth-order valence-corrected chi connectivity index (χ4v) is 1.38. The van der Waals surface area contributed by atoms with Crippen molar-refractivity contribution in [2.24, 2.45) is 0 Å². The molecule has 66 valence electrons. The second-order valence-electron chi connectivity index (χ2n) is 3.21. The average Bonchev–Trinajstić information content (AvgIpc) is 2.13. The van der Waals surface area contributed by atoms with Crippen molar-refractivity contribution in [3.05, 3.63) is 0 Å². The maximum atomic E-state index is 9.57. The van der Waals surface area contributed by atoms with E-state index in [0.29, 0.717) is 12.6 Å². The molecule has 0 aromatic carbocycles. The summed E-state index contributed by atoms with van der Waals surface area (Å²) in [6.07, 6.45) is 0.426. The van der Waals surface area contributed by atoms with Gasteiger partial charge in [-0.3, -0.25) is 4.90 Å². The van der Waals surface area contributed by atoms with Crippen LogP contribution in [0.4, 0.5) is 0 Å². The van der Waals surface area contributed by atoms with Crippen LogP contribution in [0.2, 0.25) is 0 Å². The standard InChI is InChI=1S/C8H17NO2/c1-7(2)9-4-6-11-5-3-8(9)10/h7-8,10H,3-6H2,1-2H3. The normalized spacial score (nSPS) is 28.9. The summed E-state index contributed by atoms with van der Waals surface area (Å²) < 4.78 is 5.24. The maximum absolute atomic E-state index is 9.57. The van der Waals surface area contributed by atoms with Gasteiger partial charge in [-0.05, 0) is 13.8 Å². The van der Waals surface area contributed by atoms with Crippen LogP contribution in [0.1, 0.15) is 20.3 Å². The lowest BCUT2D eigenvalue weighted by atomic mass is 10.2. The van der Waals surface area contributed by atoms with Crippen LogP contribution in [0.5, 0.6) is 0 Å². The number of ether oxygens (including phenoxy) is 1. The van der Waals surface area contributed by atoms with Gasteiger partial charge in [-0.25, -0.2) is 0 Å². The van der Waals surface area contributed by atoms with Gasteiger partial charge in [0.25, 0.3) is 0 Å². The molecule has 1 fully saturated rings. The highest BCUT2D eigenvalue weighted by molar-refractivity contribution is 4.68. The van der Waals surface area contributed by atoms with Gasteiger partial charge in [0.05, 0.1) is 13.2 Å². The van der Waals surface area contributed by atoms with E-state index in [1.165, 1.54) is 0 Å². The Balaban J connectivity index is 2.45. The molecule has 1 saturated heterocycles. The van der Waals surface area contributed by atoms with Gasteiger partial charge in [0, 0.05) is 19.0 Å². The van der Waals surface area contributed by atoms with Crippen LogP contribution in [0.3, 0.4) is 0 Å². The molecule has 11 heavy (non-hydrogen) atoms. The SMILES string of the molecule is CC(C)N1CCOCCC1O. The minimum absolute atomic E-state index is 0.308. The third-order valence-electron chi connectivity index (χ3n) is 2.06. The van der Waals surface area contributed by atoms with Crippen molar-refractivity contribution in [3.63, 3.8) is 0 Å². The Bertz CT molecular complexity index is 117. The van der Waals surface area contributed by atoms with E-state index in [1.54, 1.807) is 0 Å². The summed E-state index contributed by atoms with van der Waals surface area (Å²) in [5, 5.41) is 9.57. The van der Waals surface area contributed by atoms with Crippen LogP contribution in [-0.2, 0) is 4.74 Å². The van der Waals surface area contributed by atoms with Crippen molar-refractivity contribution in [1.82, 2.24) is 4.90 Å². The highest BCUT2D eigenvalue weighted by Gasteiger charge is 2.20. The molecule has 0 aliphatic carbocycles. The summed E-state index contributed by atoms with van der Waals surface area (Å²) >= 11 is 0. The molecular formula is C8H17NO2. The Kier molecular flexibility index (Phi) is 3.30. The summed E-state index contributed by atoms with van der Waals surface area (Å²) in [4.78, 5) is 2.06. The number of hydrogen-bond acceptors (Lipinski definition) is 3. The Labute approximate surface area is 68.0 Å². The highest BCUT2D eigenvalue weighted by Crippen LogP contribution is 2.09. The first-order valence-corrected chi connectivity index (χ1v) is 4.23. The third-order valence-corrected chi connectivity index (χ3v) is 2.06. The fourth-order valence-electron chi connectivity index (χ4n) is 1.38. The number of aliphatic hydroxyl groups is 1. The minimum Gasteiger partial charge on any atom is -0.380 e. The molecule has 1 atom stereocenters. The molecule has 0 amide bonds. The van der Waals surface area contributed by atoms with Crippen molar-refractivity contribution in [2.75, 3.05) is 19.8 Å². The largest absolute Gasteiger partial charge is 0.380 e. The smallest absolute Gasteiger partial charge is 0.109 e. The monoisotopic (exact) mass is 159 g/mol. The maximum Gasteiger partial charge on any atom is 0.109 e. The highest BCUT2D eigenvalue weighted by atomic mass is 16.5. The molecule has 1 rings (SSSR count). The van der Waals surface area contributed by atoms with Crippen molar-refractivity contribution in [2.45, 2.75) is 32.5 Å². The molecule has 0 aromatic heterocycles. The van der Waals surface area contributed by atoms with Crippen LogP contribution >= 0.6 is 0 Å². The number of aliphatic hydroxyl groups excluding tert-OH is 1. The first kappa shape index (κ1) is 8.97. The Morgan fingerprint density at radius 2 is 2.18 bits per heavy atom. The zero-order valence-corrected chi connectivity index (χ0v) is 7.29. The molecule has 0 aromatic rings. The molecule has 0 saturated carbocycles. The Hall–Kier alpha value is -0.120. The van der Waals surface area contributed by atoms with E-state index in [4.69, 9.17) is 4.74 Å². The van der Waals surface area contributed by atoms with Crippen LogP contribution in [0.15, 0.2) is 0 Å². The second kappa shape index (κ2) is 4.04. The molecule has 0 radical (unpaired) electrons. The van der Waals surface area contributed by atoms with Gasteiger partial charge in [-0.2, -0.15) is 0 Å². The molecule has 1 unspecified atom stereocenters. The lowest BCUT2D eigenvalue weighted by Gasteiger charge is -2.28. The van der Waals surface area contributed by atoms with Crippen LogP contribution < -0.4 is 0 Å². The molecule has 0 spiro atoms. The zero-order valence-electron chi connectivity index (χ0n) is 7.29. The summed E-state index contributed by atoms with van der Waals surface area (Å²) in [7, 11) is 0. The topological polar surface area (TPSA) is 32.7 Å². The van der Waals surface area contributed by atoms with Gasteiger partial charge >= 0.3 is 0 Å². The lowest BCUT2D eigenvalue weighted by molar-refractivity contribution is -0.0115. The van der Waals surface area contributed by atoms with E-state index in [1.807, 2.05) is 0 Å². The first-order chi connectivity index (χ1) is 5.22. The molecular weight excluding hydrogens is 142 g/mol. The molecule has 1 heterocycles. The summed E-state index contributed by atoms with van der Waals surface area (Å²) in [5.74, 6) is 0. The second-order valence-corrected chi connectivity index (χ2v) is 3.21. The Morgan fingerprint density at radius 3 is 2.82 bits per heavy atom. The number of rotatable bonds is 1. The van der Waals surface area contributed by atoms with Gasteiger partial charge in [-0.1, -0.05) is 0 Å². The van der Waals surface area contributed by atoms with Crippen LogP contribution in [-0.4, -0.2) is 42.0 Å². The zero-order chi connectivity index (χ0) is 8.27. The molecule has 0 bridgehead atoms. The van der Waals surface area contributed by atoms with E-state index in [-0.39, 0.29) is 6.23 Å². The molecule has 1 aliphatic heterocycles. The molecule has 1 N–H and O–H groups in total. The first-order valence-electron chi connectivity index (χ1n) is 4.23. The van der Waals surface area contributed by atoms with Crippen molar-refractivity contribution >= 4 is 0 Å². The summed E-state index contributed by atoms with van der Waals surface area (Å²) in [6.45, 7) is 6.46. The van der Waals surface area contributed by atoms with E-state index in [0.717, 1.165) is 19.6 Å². The van der Waals surface area contributed by atoms with E-state index in [2.05, 4.69) is 18.7 Å². The molecule has 3 nitrogen and oxygen atoms in total. The van der Waals surface area contributed by atoms with Gasteiger partial charge < -0.3 is 9.84 Å². The van der Waals surface area contributed by atoms with Gasteiger partial charge in [0.1, 0.15) is 6.23 Å². The predicted molar refractivity (Wildman–Crippen MR) is 43.3 cm³/mol. The van der Waals surface area contributed by atoms with Crippen molar-refractivity contribution in [3.8, 4) is 0 Å². The lowest BCUT2D eigenvalue weighted by Crippen LogP contribution is -2.40. The summed E-state index contributed by atoms with van der Waals surface area (Å²) in [5.41, 5.74) is 0. The van der Waals surface area contributed by atoms with Crippen molar-refractivity contribution in [1.29, 1.82) is 0 Å². The number of nitrogens with zero attached hydrogens (tertiary/aromatic N) is 1. The fraction of sp³-hybridized carbons (Fsp3) is 1.00. The summed E-state index contributed by atoms with van der Waals surface area (Å²) in [6, 6.07) is 0.409. The third kappa shape index (κ3) is 2.43. The average molecular weight is 159 g/mol. The quantitative estimate of drug-likeness (QED) is 0.602. The van der Waals surface area contributed by atoms with Gasteiger partial charge in [0.15, 0.2) is 0 Å². The predicted octanol–water partition coefficient (Wildman–Crippen LogP) is 0.435. The van der Waals surface area contributed by atoms with E-state index >= 15 is 0 Å². The van der Waals surface area contributed by atoms with E-state index < -0.39 is 0 Å². The van der Waals surface area contributed by atoms with E-state index in [9.17, 15) is 5.11 Å². The van der Waals surface area contributed by atoms with Crippen LogP contribution in [0, 0.1) is 0 Å².